The van der Waals surface area contributed by atoms with Crippen molar-refractivity contribution in [2.75, 3.05) is 5.32 Å². The fourth-order valence-corrected chi connectivity index (χ4v) is 3.36. The molecule has 7 nitrogen and oxygen atoms in total. The van der Waals surface area contributed by atoms with E-state index in [2.05, 4.69) is 26.2 Å². The first-order chi connectivity index (χ1) is 14.9. The lowest BCUT2D eigenvalue weighted by atomic mass is 10.2. The van der Waals surface area contributed by atoms with Gasteiger partial charge in [-0.15, -0.1) is 0 Å². The van der Waals surface area contributed by atoms with Crippen molar-refractivity contribution in [2.24, 2.45) is 7.05 Å². The van der Waals surface area contributed by atoms with Gasteiger partial charge in [-0.25, -0.2) is 9.67 Å². The number of nitrogens with zero attached hydrogens (tertiary/aromatic N) is 3. The number of halogens is 1. The number of para-hydroxylation sites is 1. The highest BCUT2D eigenvalue weighted by Gasteiger charge is 2.19. The molecule has 4 aromatic rings. The SMILES string of the molecule is Cc1c(NC(=O)c2ccc(Oc3ccc(Br)cc3)nc2)c(=O)n(-c2ccccc2)n1C. The van der Waals surface area contributed by atoms with Gasteiger partial charge in [-0.3, -0.25) is 14.3 Å². The summed E-state index contributed by atoms with van der Waals surface area (Å²) in [7, 11) is 1.77. The Morgan fingerprint density at radius 2 is 1.74 bits per heavy atom. The Bertz CT molecular complexity index is 1280. The van der Waals surface area contributed by atoms with Gasteiger partial charge in [0.1, 0.15) is 11.4 Å². The van der Waals surface area contributed by atoms with Crippen molar-refractivity contribution in [2.45, 2.75) is 6.92 Å². The van der Waals surface area contributed by atoms with Crippen LogP contribution in [-0.4, -0.2) is 20.3 Å². The van der Waals surface area contributed by atoms with Gasteiger partial charge in [0.05, 0.1) is 16.9 Å². The van der Waals surface area contributed by atoms with E-state index in [-0.39, 0.29) is 11.2 Å². The third-order valence-electron chi connectivity index (χ3n) is 4.83. The minimum atomic E-state index is -0.422. The summed E-state index contributed by atoms with van der Waals surface area (Å²) in [6, 6.07) is 19.8. The minimum absolute atomic E-state index is 0.228. The Morgan fingerprint density at radius 1 is 1.03 bits per heavy atom. The van der Waals surface area contributed by atoms with E-state index >= 15 is 0 Å². The van der Waals surface area contributed by atoms with E-state index in [1.165, 1.54) is 10.9 Å². The second-order valence-electron chi connectivity index (χ2n) is 6.83. The van der Waals surface area contributed by atoms with Gasteiger partial charge in [0, 0.05) is 23.8 Å². The van der Waals surface area contributed by atoms with Gasteiger partial charge >= 0.3 is 0 Å². The van der Waals surface area contributed by atoms with E-state index < -0.39 is 5.91 Å². The number of amides is 1. The number of pyridine rings is 1. The number of ether oxygens (including phenoxy) is 1. The molecule has 156 valence electrons. The first kappa shape index (κ1) is 20.6. The number of benzene rings is 2. The van der Waals surface area contributed by atoms with E-state index in [1.54, 1.807) is 30.8 Å². The lowest BCUT2D eigenvalue weighted by molar-refractivity contribution is 0.102. The molecule has 0 aliphatic rings. The van der Waals surface area contributed by atoms with E-state index in [4.69, 9.17) is 4.74 Å². The Kier molecular flexibility index (Phi) is 5.73. The maximum atomic E-state index is 12.9. The molecule has 8 heteroatoms. The Hall–Kier alpha value is -3.65. The third kappa shape index (κ3) is 4.29. The molecule has 2 aromatic heterocycles. The van der Waals surface area contributed by atoms with E-state index in [0.29, 0.717) is 22.9 Å². The summed E-state index contributed by atoms with van der Waals surface area (Å²) in [6.45, 7) is 1.78. The summed E-state index contributed by atoms with van der Waals surface area (Å²) in [5.74, 6) is 0.573. The maximum Gasteiger partial charge on any atom is 0.295 e. The molecule has 0 aliphatic carbocycles. The van der Waals surface area contributed by atoms with Crippen molar-refractivity contribution in [3.05, 3.63) is 99.0 Å². The van der Waals surface area contributed by atoms with Crippen LogP contribution < -0.4 is 15.6 Å². The van der Waals surface area contributed by atoms with Crippen LogP contribution in [0.4, 0.5) is 5.69 Å². The molecule has 0 radical (unpaired) electrons. The lowest BCUT2D eigenvalue weighted by Gasteiger charge is -2.07. The highest BCUT2D eigenvalue weighted by Crippen LogP contribution is 2.22. The topological polar surface area (TPSA) is 78.2 Å². The molecule has 1 N–H and O–H groups in total. The zero-order chi connectivity index (χ0) is 22.0. The number of hydrogen-bond acceptors (Lipinski definition) is 4. The average molecular weight is 479 g/mol. The van der Waals surface area contributed by atoms with Gasteiger partial charge in [-0.05, 0) is 49.4 Å². The summed E-state index contributed by atoms with van der Waals surface area (Å²) in [4.78, 5) is 29.9. The molecule has 1 amide bonds. The Labute approximate surface area is 187 Å². The van der Waals surface area contributed by atoms with Crippen LogP contribution >= 0.6 is 15.9 Å². The fraction of sp³-hybridized carbons (Fsp3) is 0.0870. The summed E-state index contributed by atoms with van der Waals surface area (Å²) in [6.07, 6.45) is 1.41. The summed E-state index contributed by atoms with van der Waals surface area (Å²) in [5, 5.41) is 2.72. The average Bonchev–Trinajstić information content (AvgIpc) is 2.99. The molecule has 2 heterocycles. The third-order valence-corrected chi connectivity index (χ3v) is 5.36. The summed E-state index contributed by atoms with van der Waals surface area (Å²) in [5.41, 5.74) is 1.60. The highest BCUT2D eigenvalue weighted by atomic mass is 79.9. The maximum absolute atomic E-state index is 12.9. The molecule has 0 saturated heterocycles. The first-order valence-corrected chi connectivity index (χ1v) is 10.3. The van der Waals surface area contributed by atoms with Crippen LogP contribution in [-0.2, 0) is 7.05 Å². The van der Waals surface area contributed by atoms with Crippen LogP contribution in [0.25, 0.3) is 5.69 Å². The van der Waals surface area contributed by atoms with Gasteiger partial charge in [0.15, 0.2) is 0 Å². The molecule has 0 atom stereocenters. The van der Waals surface area contributed by atoms with Gasteiger partial charge < -0.3 is 10.1 Å². The number of rotatable bonds is 5. The molecule has 2 aromatic carbocycles. The molecule has 0 aliphatic heterocycles. The van der Waals surface area contributed by atoms with E-state index in [0.717, 1.165) is 10.2 Å². The number of hydrogen-bond donors (Lipinski definition) is 1. The predicted octanol–water partition coefficient (Wildman–Crippen LogP) is 4.69. The van der Waals surface area contributed by atoms with Crippen molar-refractivity contribution in [3.63, 3.8) is 0 Å². The van der Waals surface area contributed by atoms with Crippen molar-refractivity contribution in [1.82, 2.24) is 14.3 Å². The standard InChI is InChI=1S/C23H19BrN4O3/c1-15-21(23(30)28(27(15)2)18-6-4-3-5-7-18)26-22(29)16-8-13-20(25-14-16)31-19-11-9-17(24)10-12-19/h3-14H,1-2H3,(H,26,29). The Balaban J connectivity index is 1.53. The quantitative estimate of drug-likeness (QED) is 0.451. The normalized spacial score (nSPS) is 10.7. The van der Waals surface area contributed by atoms with Crippen LogP contribution in [0.15, 0.2) is 82.2 Å². The minimum Gasteiger partial charge on any atom is -0.439 e. The van der Waals surface area contributed by atoms with Crippen molar-refractivity contribution in [3.8, 4) is 17.3 Å². The van der Waals surface area contributed by atoms with Crippen molar-refractivity contribution >= 4 is 27.5 Å². The second-order valence-corrected chi connectivity index (χ2v) is 7.75. The zero-order valence-electron chi connectivity index (χ0n) is 16.9. The fourth-order valence-electron chi connectivity index (χ4n) is 3.10. The molecule has 31 heavy (non-hydrogen) atoms. The van der Waals surface area contributed by atoms with Crippen LogP contribution in [0.2, 0.25) is 0 Å². The predicted molar refractivity (Wildman–Crippen MR) is 122 cm³/mol. The van der Waals surface area contributed by atoms with E-state index in [9.17, 15) is 9.59 Å². The number of carbonyl (C=O) groups is 1. The molecule has 4 rings (SSSR count). The Morgan fingerprint density at radius 3 is 2.39 bits per heavy atom. The monoisotopic (exact) mass is 478 g/mol. The molecule has 0 bridgehead atoms. The molecule has 0 spiro atoms. The number of anilines is 1. The number of carbonyl (C=O) groups excluding carboxylic acids is 1. The van der Waals surface area contributed by atoms with Crippen molar-refractivity contribution in [1.29, 1.82) is 0 Å². The first-order valence-electron chi connectivity index (χ1n) is 9.49. The zero-order valence-corrected chi connectivity index (χ0v) is 18.5. The second kappa shape index (κ2) is 8.61. The van der Waals surface area contributed by atoms with E-state index in [1.807, 2.05) is 54.6 Å². The van der Waals surface area contributed by atoms with Crippen LogP contribution in [0.3, 0.4) is 0 Å². The van der Waals surface area contributed by atoms with Gasteiger partial charge in [0.25, 0.3) is 11.5 Å². The van der Waals surface area contributed by atoms with Crippen molar-refractivity contribution < 1.29 is 9.53 Å². The van der Waals surface area contributed by atoms with Gasteiger partial charge in [0.2, 0.25) is 5.88 Å². The molecule has 0 fully saturated rings. The molecule has 0 saturated carbocycles. The number of aromatic nitrogens is 3. The summed E-state index contributed by atoms with van der Waals surface area (Å²) >= 11 is 3.37. The number of nitrogens with one attached hydrogen (secondary N) is 1. The smallest absolute Gasteiger partial charge is 0.295 e. The highest BCUT2D eigenvalue weighted by molar-refractivity contribution is 9.10. The van der Waals surface area contributed by atoms with Gasteiger partial charge in [-0.2, -0.15) is 0 Å². The molecule has 0 unspecified atom stereocenters. The molecular weight excluding hydrogens is 460 g/mol. The molecular formula is C23H19BrN4O3. The van der Waals surface area contributed by atoms with Crippen LogP contribution in [0.1, 0.15) is 16.1 Å². The van der Waals surface area contributed by atoms with Crippen LogP contribution in [0.5, 0.6) is 11.6 Å². The van der Waals surface area contributed by atoms with Crippen LogP contribution in [0, 0.1) is 6.92 Å². The summed E-state index contributed by atoms with van der Waals surface area (Å²) < 4.78 is 9.84. The van der Waals surface area contributed by atoms with Gasteiger partial charge in [-0.1, -0.05) is 34.1 Å². The largest absolute Gasteiger partial charge is 0.439 e. The lowest BCUT2D eigenvalue weighted by Crippen LogP contribution is -2.23.